The molecule has 2 aliphatic carbocycles. The van der Waals surface area contributed by atoms with Gasteiger partial charge in [0.25, 0.3) is 0 Å². The molecule has 1 spiro atoms. The topological polar surface area (TPSA) is 18.5 Å². The molecule has 3 rings (SSSR count). The van der Waals surface area contributed by atoms with Crippen LogP contribution >= 0.6 is 11.6 Å². The second-order valence-electron chi connectivity index (χ2n) is 7.64. The highest BCUT2D eigenvalue weighted by atomic mass is 35.5. The number of alkyl halides is 1. The quantitative estimate of drug-likeness (QED) is 0.533. The minimum Gasteiger partial charge on any atom is -0.348 e. The van der Waals surface area contributed by atoms with Crippen LogP contribution in [-0.4, -0.2) is 24.4 Å². The van der Waals surface area contributed by atoms with Crippen molar-refractivity contribution in [2.24, 2.45) is 11.8 Å². The summed E-state index contributed by atoms with van der Waals surface area (Å²) < 4.78 is 12.0. The summed E-state index contributed by atoms with van der Waals surface area (Å²) in [5.74, 6) is 1.46. The van der Waals surface area contributed by atoms with Crippen LogP contribution in [0, 0.1) is 11.8 Å². The molecule has 128 valence electrons. The number of fused-ring (bicyclic) bond motifs is 1. The zero-order chi connectivity index (χ0) is 15.3. The van der Waals surface area contributed by atoms with Crippen molar-refractivity contribution in [2.45, 2.75) is 94.6 Å². The van der Waals surface area contributed by atoms with Crippen LogP contribution in [0.4, 0.5) is 0 Å². The first-order chi connectivity index (χ1) is 10.8. The van der Waals surface area contributed by atoms with E-state index in [1.165, 1.54) is 70.6 Å². The molecular formula is C19H33ClO2. The first-order valence-corrected chi connectivity index (χ1v) is 10.2. The largest absolute Gasteiger partial charge is 0.348 e. The van der Waals surface area contributed by atoms with Crippen molar-refractivity contribution in [3.8, 4) is 0 Å². The predicted octanol–water partition coefficient (Wildman–Crippen LogP) is 5.67. The Balaban J connectivity index is 1.45. The van der Waals surface area contributed by atoms with Gasteiger partial charge < -0.3 is 9.47 Å². The van der Waals surface area contributed by atoms with E-state index < -0.39 is 0 Å². The highest BCUT2D eigenvalue weighted by molar-refractivity contribution is 6.23. The zero-order valence-electron chi connectivity index (χ0n) is 14.0. The highest BCUT2D eigenvalue weighted by Gasteiger charge is 2.47. The lowest BCUT2D eigenvalue weighted by atomic mass is 9.98. The molecule has 0 N–H and O–H groups in total. The molecule has 2 nitrogen and oxygen atoms in total. The van der Waals surface area contributed by atoms with Crippen molar-refractivity contribution in [3.05, 3.63) is 0 Å². The van der Waals surface area contributed by atoms with Gasteiger partial charge in [0.2, 0.25) is 0 Å². The van der Waals surface area contributed by atoms with Gasteiger partial charge in [-0.3, -0.25) is 0 Å². The van der Waals surface area contributed by atoms with Gasteiger partial charge in [0.15, 0.2) is 5.79 Å². The van der Waals surface area contributed by atoms with Crippen LogP contribution in [0.15, 0.2) is 0 Å². The van der Waals surface area contributed by atoms with Crippen molar-refractivity contribution in [2.75, 3.05) is 13.2 Å². The summed E-state index contributed by atoms with van der Waals surface area (Å²) in [6.07, 6.45) is 16.9. The average molecular weight is 329 g/mol. The third-order valence-corrected chi connectivity index (χ3v) is 6.63. The molecule has 3 atom stereocenters. The van der Waals surface area contributed by atoms with E-state index in [1.54, 1.807) is 0 Å². The van der Waals surface area contributed by atoms with E-state index in [1.807, 2.05) is 0 Å². The lowest BCUT2D eigenvalue weighted by Crippen LogP contribution is -2.30. The second kappa shape index (κ2) is 8.35. The molecular weight excluding hydrogens is 296 g/mol. The summed E-state index contributed by atoms with van der Waals surface area (Å²) in [5, 5.41) is 0.499. The molecule has 0 bridgehead atoms. The maximum atomic E-state index is 6.46. The van der Waals surface area contributed by atoms with E-state index >= 15 is 0 Å². The fourth-order valence-electron chi connectivity index (χ4n) is 4.49. The SMILES string of the molecule is ClC1C2CCCCCCCC3(CCCCCCC12)OCCO3. The predicted molar refractivity (Wildman–Crippen MR) is 91.3 cm³/mol. The van der Waals surface area contributed by atoms with Gasteiger partial charge in [-0.05, 0) is 37.5 Å². The van der Waals surface area contributed by atoms with Crippen molar-refractivity contribution in [3.63, 3.8) is 0 Å². The first kappa shape index (κ1) is 17.0. The molecule has 2 saturated carbocycles. The molecule has 3 unspecified atom stereocenters. The van der Waals surface area contributed by atoms with Crippen LogP contribution in [-0.2, 0) is 9.47 Å². The molecule has 1 heterocycles. The summed E-state index contributed by atoms with van der Waals surface area (Å²) in [6.45, 7) is 1.58. The molecule has 1 aliphatic heterocycles. The molecule has 0 aromatic carbocycles. The number of ether oxygens (including phenoxy) is 2. The minimum absolute atomic E-state index is 0.222. The van der Waals surface area contributed by atoms with Gasteiger partial charge in [-0.2, -0.15) is 0 Å². The van der Waals surface area contributed by atoms with Gasteiger partial charge in [-0.15, -0.1) is 11.6 Å². The summed E-state index contributed by atoms with van der Waals surface area (Å²) in [5.41, 5.74) is 0. The van der Waals surface area contributed by atoms with Crippen molar-refractivity contribution in [1.29, 1.82) is 0 Å². The molecule has 3 fully saturated rings. The summed E-state index contributed by atoms with van der Waals surface area (Å²) in [4.78, 5) is 0. The van der Waals surface area contributed by atoms with Crippen molar-refractivity contribution < 1.29 is 9.47 Å². The fraction of sp³-hybridized carbons (Fsp3) is 1.00. The lowest BCUT2D eigenvalue weighted by Gasteiger charge is -2.27. The number of hydrogen-bond donors (Lipinski definition) is 0. The Morgan fingerprint density at radius 3 is 1.64 bits per heavy atom. The van der Waals surface area contributed by atoms with E-state index in [0.29, 0.717) is 5.38 Å². The van der Waals surface area contributed by atoms with Gasteiger partial charge in [-0.25, -0.2) is 0 Å². The van der Waals surface area contributed by atoms with Crippen LogP contribution in [0.1, 0.15) is 83.5 Å². The summed E-state index contributed by atoms with van der Waals surface area (Å²) in [6, 6.07) is 0. The summed E-state index contributed by atoms with van der Waals surface area (Å²) >= 11 is 6.46. The Kier molecular flexibility index (Phi) is 6.47. The maximum Gasteiger partial charge on any atom is 0.168 e. The fourth-order valence-corrected chi connectivity index (χ4v) is 5.03. The Morgan fingerprint density at radius 1 is 0.636 bits per heavy atom. The molecule has 22 heavy (non-hydrogen) atoms. The molecule has 0 amide bonds. The molecule has 0 radical (unpaired) electrons. The minimum atomic E-state index is -0.222. The molecule has 0 aromatic rings. The van der Waals surface area contributed by atoms with Gasteiger partial charge >= 0.3 is 0 Å². The lowest BCUT2D eigenvalue weighted by molar-refractivity contribution is -0.168. The van der Waals surface area contributed by atoms with Gasteiger partial charge in [0.1, 0.15) is 0 Å². The molecule has 3 aliphatic rings. The van der Waals surface area contributed by atoms with Gasteiger partial charge in [-0.1, -0.05) is 44.9 Å². The van der Waals surface area contributed by atoms with E-state index in [2.05, 4.69) is 0 Å². The smallest absolute Gasteiger partial charge is 0.168 e. The third-order valence-electron chi connectivity index (χ3n) is 5.98. The monoisotopic (exact) mass is 328 g/mol. The standard InChI is InChI=1S/C19H33ClO2/c20-18-16-10-6-2-1-4-8-12-19(21-14-15-22-19)13-9-5-3-7-11-17(16)18/h16-18H,1-15H2. The van der Waals surface area contributed by atoms with Crippen LogP contribution in [0.3, 0.4) is 0 Å². The van der Waals surface area contributed by atoms with Crippen molar-refractivity contribution in [1.82, 2.24) is 0 Å². The third kappa shape index (κ3) is 4.61. The number of rotatable bonds is 0. The maximum absolute atomic E-state index is 6.46. The highest BCUT2D eigenvalue weighted by Crippen LogP contribution is 2.50. The normalized spacial score (nSPS) is 37.8. The zero-order valence-corrected chi connectivity index (χ0v) is 14.8. The molecule has 0 aromatic heterocycles. The number of hydrogen-bond acceptors (Lipinski definition) is 2. The Hall–Kier alpha value is 0.210. The second-order valence-corrected chi connectivity index (χ2v) is 8.14. The van der Waals surface area contributed by atoms with Gasteiger partial charge in [0.05, 0.1) is 13.2 Å². The van der Waals surface area contributed by atoms with Crippen LogP contribution in [0.25, 0.3) is 0 Å². The Labute approximate surface area is 141 Å². The number of halogens is 1. The van der Waals surface area contributed by atoms with E-state index in [9.17, 15) is 0 Å². The average Bonchev–Trinajstić information content (AvgIpc) is 2.93. The van der Waals surface area contributed by atoms with Gasteiger partial charge in [0, 0.05) is 18.2 Å². The molecule has 3 heteroatoms. The Bertz CT molecular complexity index is 327. The molecule has 1 saturated heterocycles. The van der Waals surface area contributed by atoms with E-state index in [0.717, 1.165) is 37.9 Å². The summed E-state index contributed by atoms with van der Waals surface area (Å²) in [7, 11) is 0. The van der Waals surface area contributed by atoms with Crippen LogP contribution < -0.4 is 0 Å². The van der Waals surface area contributed by atoms with Crippen LogP contribution in [0.2, 0.25) is 0 Å². The van der Waals surface area contributed by atoms with Crippen LogP contribution in [0.5, 0.6) is 0 Å². The van der Waals surface area contributed by atoms with E-state index in [4.69, 9.17) is 21.1 Å². The first-order valence-electron chi connectivity index (χ1n) is 9.73. The Morgan fingerprint density at radius 2 is 1.09 bits per heavy atom. The van der Waals surface area contributed by atoms with Crippen molar-refractivity contribution >= 4 is 11.6 Å². The van der Waals surface area contributed by atoms with E-state index in [-0.39, 0.29) is 5.79 Å².